The Morgan fingerprint density at radius 1 is 1.43 bits per heavy atom. The van der Waals surface area contributed by atoms with Crippen LogP contribution in [0, 0.1) is 5.41 Å². The minimum atomic E-state index is 0.369. The molecule has 2 heterocycles. The minimum Gasteiger partial charge on any atom is -0.376 e. The number of piperidine rings is 1. The zero-order valence-electron chi connectivity index (χ0n) is 8.96. The van der Waals surface area contributed by atoms with Gasteiger partial charge in [-0.2, -0.15) is 0 Å². The van der Waals surface area contributed by atoms with E-state index in [1.165, 1.54) is 25.7 Å². The van der Waals surface area contributed by atoms with Gasteiger partial charge in [0.15, 0.2) is 0 Å². The first-order valence-electron chi connectivity index (χ1n) is 5.74. The number of hydrogen-bond donors (Lipinski definition) is 1. The first-order chi connectivity index (χ1) is 6.79. The third-order valence-electron chi connectivity index (χ3n) is 3.40. The van der Waals surface area contributed by atoms with Crippen LogP contribution in [0.2, 0.25) is 0 Å². The molecule has 0 spiro atoms. The van der Waals surface area contributed by atoms with Gasteiger partial charge in [0.2, 0.25) is 0 Å². The number of rotatable bonds is 2. The number of hydrogen-bond acceptors (Lipinski definition) is 2. The Morgan fingerprint density at radius 2 is 2.29 bits per heavy atom. The second-order valence-electron chi connectivity index (χ2n) is 4.39. The number of likely N-dealkylation sites (tertiary alicyclic amines) is 1. The van der Waals surface area contributed by atoms with Gasteiger partial charge in [0, 0.05) is 19.6 Å². The first-order valence-corrected chi connectivity index (χ1v) is 5.74. The van der Waals surface area contributed by atoms with Crippen LogP contribution in [-0.2, 0) is 4.74 Å². The Balaban J connectivity index is 1.94. The molecule has 2 aliphatic rings. The van der Waals surface area contributed by atoms with Crippen molar-refractivity contribution in [3.05, 3.63) is 0 Å². The van der Waals surface area contributed by atoms with Crippen LogP contribution in [0.3, 0.4) is 0 Å². The van der Waals surface area contributed by atoms with Crippen LogP contribution in [0.15, 0.2) is 0 Å². The lowest BCUT2D eigenvalue weighted by Crippen LogP contribution is -2.47. The van der Waals surface area contributed by atoms with E-state index in [1.54, 1.807) is 0 Å². The van der Waals surface area contributed by atoms with Gasteiger partial charge in [0.25, 0.3) is 0 Å². The lowest BCUT2D eigenvalue weighted by atomic mass is 10.0. The molecule has 0 bridgehead atoms. The molecule has 0 saturated carbocycles. The van der Waals surface area contributed by atoms with E-state index in [1.807, 2.05) is 0 Å². The van der Waals surface area contributed by atoms with Crippen molar-refractivity contribution in [2.24, 2.45) is 0 Å². The van der Waals surface area contributed by atoms with Crippen LogP contribution >= 0.6 is 0 Å². The maximum absolute atomic E-state index is 7.91. The molecule has 80 valence electrons. The number of amidine groups is 1. The predicted octanol–water partition coefficient (Wildman–Crippen LogP) is 2.02. The zero-order valence-corrected chi connectivity index (χ0v) is 8.96. The molecule has 2 saturated heterocycles. The first kappa shape index (κ1) is 9.97. The summed E-state index contributed by atoms with van der Waals surface area (Å²) >= 11 is 0. The lowest BCUT2D eigenvalue weighted by molar-refractivity contribution is 0.0523. The van der Waals surface area contributed by atoms with Gasteiger partial charge in [-0.05, 0) is 32.6 Å². The van der Waals surface area contributed by atoms with E-state index < -0.39 is 0 Å². The Kier molecular flexibility index (Phi) is 3.06. The van der Waals surface area contributed by atoms with Gasteiger partial charge in [-0.15, -0.1) is 0 Å². The maximum atomic E-state index is 7.91. The van der Waals surface area contributed by atoms with Crippen LogP contribution < -0.4 is 0 Å². The highest BCUT2D eigenvalue weighted by Crippen LogP contribution is 2.22. The van der Waals surface area contributed by atoms with Crippen LogP contribution in [0.4, 0.5) is 0 Å². The van der Waals surface area contributed by atoms with Crippen molar-refractivity contribution in [3.8, 4) is 0 Å². The summed E-state index contributed by atoms with van der Waals surface area (Å²) in [4.78, 5) is 2.24. The maximum Gasteiger partial charge on any atom is 0.0960 e. The molecule has 2 fully saturated rings. The fourth-order valence-corrected chi connectivity index (χ4v) is 2.49. The van der Waals surface area contributed by atoms with Gasteiger partial charge in [0.05, 0.1) is 18.0 Å². The molecule has 3 nitrogen and oxygen atoms in total. The van der Waals surface area contributed by atoms with Crippen molar-refractivity contribution < 1.29 is 4.74 Å². The Bertz CT molecular complexity index is 211. The van der Waals surface area contributed by atoms with Gasteiger partial charge < -0.3 is 9.64 Å². The molecule has 0 amide bonds. The molecule has 14 heavy (non-hydrogen) atoms. The molecule has 2 rings (SSSR count). The second kappa shape index (κ2) is 4.30. The SMILES string of the molecule is CC(C1CCCO1)N1CCCCC1=N. The minimum absolute atomic E-state index is 0.369. The number of nitrogens with one attached hydrogen (secondary N) is 1. The van der Waals surface area contributed by atoms with E-state index in [-0.39, 0.29) is 0 Å². The summed E-state index contributed by atoms with van der Waals surface area (Å²) in [7, 11) is 0. The van der Waals surface area contributed by atoms with Crippen LogP contribution in [-0.4, -0.2) is 36.0 Å². The molecule has 2 unspecified atom stereocenters. The van der Waals surface area contributed by atoms with Crippen LogP contribution in [0.5, 0.6) is 0 Å². The standard InChI is InChI=1S/C11H20N2O/c1-9(10-5-4-8-14-10)13-7-3-2-6-11(13)12/h9-10,12H,2-8H2,1H3. The Morgan fingerprint density at radius 3 is 2.93 bits per heavy atom. The molecule has 0 aromatic carbocycles. The quantitative estimate of drug-likeness (QED) is 0.733. The average Bonchev–Trinajstić information content (AvgIpc) is 2.70. The van der Waals surface area contributed by atoms with E-state index in [2.05, 4.69) is 11.8 Å². The molecule has 0 aromatic heterocycles. The molecule has 2 aliphatic heterocycles. The molecule has 1 N–H and O–H groups in total. The largest absolute Gasteiger partial charge is 0.376 e. The van der Waals surface area contributed by atoms with E-state index in [0.29, 0.717) is 12.1 Å². The van der Waals surface area contributed by atoms with Crippen molar-refractivity contribution in [2.45, 2.75) is 51.2 Å². The fourth-order valence-electron chi connectivity index (χ4n) is 2.49. The summed E-state index contributed by atoms with van der Waals surface area (Å²) in [6.45, 7) is 4.17. The molecule has 0 radical (unpaired) electrons. The topological polar surface area (TPSA) is 36.3 Å². The van der Waals surface area contributed by atoms with E-state index in [4.69, 9.17) is 10.1 Å². The van der Waals surface area contributed by atoms with Gasteiger partial charge in [-0.25, -0.2) is 0 Å². The van der Waals surface area contributed by atoms with Crippen molar-refractivity contribution in [1.29, 1.82) is 5.41 Å². The predicted molar refractivity (Wildman–Crippen MR) is 56.7 cm³/mol. The third-order valence-corrected chi connectivity index (χ3v) is 3.40. The van der Waals surface area contributed by atoms with Crippen molar-refractivity contribution in [3.63, 3.8) is 0 Å². The molecule has 0 aromatic rings. The van der Waals surface area contributed by atoms with Gasteiger partial charge >= 0.3 is 0 Å². The smallest absolute Gasteiger partial charge is 0.0960 e. The number of nitrogens with zero attached hydrogens (tertiary/aromatic N) is 1. The molecule has 0 aliphatic carbocycles. The average molecular weight is 196 g/mol. The summed E-state index contributed by atoms with van der Waals surface area (Å²) in [5, 5.41) is 7.91. The molecule has 2 atom stereocenters. The second-order valence-corrected chi connectivity index (χ2v) is 4.39. The number of ether oxygens (including phenoxy) is 1. The third kappa shape index (κ3) is 1.92. The highest BCUT2D eigenvalue weighted by atomic mass is 16.5. The Hall–Kier alpha value is -0.570. The molecule has 3 heteroatoms. The monoisotopic (exact) mass is 196 g/mol. The van der Waals surface area contributed by atoms with Crippen molar-refractivity contribution >= 4 is 5.84 Å². The van der Waals surface area contributed by atoms with E-state index in [9.17, 15) is 0 Å². The Labute approximate surface area is 85.9 Å². The van der Waals surface area contributed by atoms with Gasteiger partial charge in [0.1, 0.15) is 0 Å². The van der Waals surface area contributed by atoms with E-state index >= 15 is 0 Å². The summed E-state index contributed by atoms with van der Waals surface area (Å²) < 4.78 is 5.68. The summed E-state index contributed by atoms with van der Waals surface area (Å²) in [6.07, 6.45) is 6.11. The normalized spacial score (nSPS) is 30.8. The zero-order chi connectivity index (χ0) is 9.97. The van der Waals surface area contributed by atoms with Crippen LogP contribution in [0.25, 0.3) is 0 Å². The van der Waals surface area contributed by atoms with Gasteiger partial charge in [-0.3, -0.25) is 5.41 Å². The van der Waals surface area contributed by atoms with E-state index in [0.717, 1.165) is 25.4 Å². The van der Waals surface area contributed by atoms with Crippen LogP contribution in [0.1, 0.15) is 39.0 Å². The summed E-state index contributed by atoms with van der Waals surface area (Å²) in [6, 6.07) is 0.408. The van der Waals surface area contributed by atoms with Crippen molar-refractivity contribution in [2.75, 3.05) is 13.2 Å². The molecular weight excluding hydrogens is 176 g/mol. The summed E-state index contributed by atoms with van der Waals surface area (Å²) in [5.74, 6) is 0.819. The van der Waals surface area contributed by atoms with Crippen molar-refractivity contribution in [1.82, 2.24) is 4.90 Å². The summed E-state index contributed by atoms with van der Waals surface area (Å²) in [5.41, 5.74) is 0. The highest BCUT2D eigenvalue weighted by molar-refractivity contribution is 5.80. The molecular formula is C11H20N2O. The van der Waals surface area contributed by atoms with Gasteiger partial charge in [-0.1, -0.05) is 0 Å². The fraction of sp³-hybridized carbons (Fsp3) is 0.909. The highest BCUT2D eigenvalue weighted by Gasteiger charge is 2.29. The lowest BCUT2D eigenvalue weighted by Gasteiger charge is -2.37.